The summed E-state index contributed by atoms with van der Waals surface area (Å²) in [6.07, 6.45) is 1.13. The van der Waals surface area contributed by atoms with Gasteiger partial charge in [0.2, 0.25) is 0 Å². The zero-order valence-electron chi connectivity index (χ0n) is 12.1. The van der Waals surface area contributed by atoms with Crippen LogP contribution >= 0.6 is 0 Å². The first kappa shape index (κ1) is 14.5. The normalized spacial score (nSPS) is 18.4. The smallest absolute Gasteiger partial charge is 0.0107 e. The van der Waals surface area contributed by atoms with Crippen LogP contribution in [0.1, 0.15) is 12.5 Å². The average molecular weight is 261 g/mol. The first-order valence-electron chi connectivity index (χ1n) is 7.52. The Balaban J connectivity index is 1.55. The van der Waals surface area contributed by atoms with Crippen LogP contribution in [0, 0.1) is 5.92 Å². The number of piperazine rings is 1. The van der Waals surface area contributed by atoms with Crippen LogP contribution in [0.2, 0.25) is 0 Å². The number of hydrogen-bond donors (Lipinski definition) is 2. The summed E-state index contributed by atoms with van der Waals surface area (Å²) in [6, 6.07) is 10.7. The standard InChI is InChI=1S/C16H27N3/c1-15(14-19-11-9-17-10-12-19)13-18-8-7-16-5-3-2-4-6-16/h2-6,15,17-18H,7-14H2,1H3. The van der Waals surface area contributed by atoms with Gasteiger partial charge in [0.1, 0.15) is 0 Å². The van der Waals surface area contributed by atoms with Crippen molar-refractivity contribution in [1.29, 1.82) is 0 Å². The highest BCUT2D eigenvalue weighted by molar-refractivity contribution is 5.14. The third-order valence-corrected chi connectivity index (χ3v) is 3.71. The molecule has 2 N–H and O–H groups in total. The molecule has 3 heteroatoms. The van der Waals surface area contributed by atoms with E-state index in [2.05, 4.69) is 52.8 Å². The number of nitrogens with zero attached hydrogens (tertiary/aromatic N) is 1. The molecule has 1 aliphatic heterocycles. The first-order valence-corrected chi connectivity index (χ1v) is 7.52. The Morgan fingerprint density at radius 3 is 2.68 bits per heavy atom. The molecule has 1 fully saturated rings. The van der Waals surface area contributed by atoms with E-state index in [1.165, 1.54) is 25.2 Å². The Morgan fingerprint density at radius 2 is 1.95 bits per heavy atom. The quantitative estimate of drug-likeness (QED) is 0.726. The minimum Gasteiger partial charge on any atom is -0.316 e. The van der Waals surface area contributed by atoms with Crippen molar-refractivity contribution < 1.29 is 0 Å². The van der Waals surface area contributed by atoms with Crippen molar-refractivity contribution in [1.82, 2.24) is 15.5 Å². The van der Waals surface area contributed by atoms with Crippen molar-refractivity contribution in [3.63, 3.8) is 0 Å². The van der Waals surface area contributed by atoms with E-state index in [0.717, 1.165) is 38.5 Å². The summed E-state index contributed by atoms with van der Waals surface area (Å²) in [7, 11) is 0. The fourth-order valence-corrected chi connectivity index (χ4v) is 2.62. The van der Waals surface area contributed by atoms with Gasteiger partial charge >= 0.3 is 0 Å². The van der Waals surface area contributed by atoms with Gasteiger partial charge in [0.25, 0.3) is 0 Å². The minimum absolute atomic E-state index is 0.730. The summed E-state index contributed by atoms with van der Waals surface area (Å²) in [5, 5.41) is 6.98. The van der Waals surface area contributed by atoms with Gasteiger partial charge < -0.3 is 15.5 Å². The number of hydrogen-bond acceptors (Lipinski definition) is 3. The van der Waals surface area contributed by atoms with Gasteiger partial charge in [0.05, 0.1) is 0 Å². The second-order valence-corrected chi connectivity index (χ2v) is 5.60. The summed E-state index contributed by atoms with van der Waals surface area (Å²) < 4.78 is 0. The molecule has 1 unspecified atom stereocenters. The largest absolute Gasteiger partial charge is 0.316 e. The summed E-state index contributed by atoms with van der Waals surface area (Å²) in [4.78, 5) is 2.57. The molecule has 1 atom stereocenters. The SMILES string of the molecule is CC(CNCCc1ccccc1)CN1CCNCC1. The zero-order chi connectivity index (χ0) is 13.3. The molecule has 0 saturated carbocycles. The monoisotopic (exact) mass is 261 g/mol. The van der Waals surface area contributed by atoms with Crippen LogP contribution in [0.4, 0.5) is 0 Å². The average Bonchev–Trinajstić information content (AvgIpc) is 2.46. The molecule has 1 aromatic carbocycles. The van der Waals surface area contributed by atoms with E-state index in [-0.39, 0.29) is 0 Å². The lowest BCUT2D eigenvalue weighted by molar-refractivity contribution is 0.209. The van der Waals surface area contributed by atoms with E-state index >= 15 is 0 Å². The van der Waals surface area contributed by atoms with E-state index in [4.69, 9.17) is 0 Å². The third-order valence-electron chi connectivity index (χ3n) is 3.71. The highest BCUT2D eigenvalue weighted by Crippen LogP contribution is 2.01. The lowest BCUT2D eigenvalue weighted by Crippen LogP contribution is -2.46. The number of rotatable bonds is 7. The molecular formula is C16H27N3. The molecule has 1 heterocycles. The van der Waals surface area contributed by atoms with E-state index < -0.39 is 0 Å². The molecule has 106 valence electrons. The summed E-state index contributed by atoms with van der Waals surface area (Å²) in [5.74, 6) is 0.730. The fourth-order valence-electron chi connectivity index (χ4n) is 2.62. The molecule has 2 rings (SSSR count). The maximum atomic E-state index is 3.58. The maximum Gasteiger partial charge on any atom is 0.0107 e. The van der Waals surface area contributed by atoms with Crippen LogP contribution in [0.3, 0.4) is 0 Å². The van der Waals surface area contributed by atoms with Gasteiger partial charge in [-0.3, -0.25) is 0 Å². The van der Waals surface area contributed by atoms with E-state index in [9.17, 15) is 0 Å². The molecule has 19 heavy (non-hydrogen) atoms. The topological polar surface area (TPSA) is 27.3 Å². The van der Waals surface area contributed by atoms with Crippen molar-refractivity contribution in [3.8, 4) is 0 Å². The predicted octanol–water partition coefficient (Wildman–Crippen LogP) is 1.36. The van der Waals surface area contributed by atoms with Crippen molar-refractivity contribution in [2.24, 2.45) is 5.92 Å². The zero-order valence-corrected chi connectivity index (χ0v) is 12.1. The summed E-state index contributed by atoms with van der Waals surface area (Å²) >= 11 is 0. The fraction of sp³-hybridized carbons (Fsp3) is 0.625. The van der Waals surface area contributed by atoms with Crippen LogP contribution in [0.25, 0.3) is 0 Å². The summed E-state index contributed by atoms with van der Waals surface area (Å²) in [5.41, 5.74) is 1.42. The van der Waals surface area contributed by atoms with E-state index in [1.807, 2.05) is 0 Å². The third kappa shape index (κ3) is 5.72. The van der Waals surface area contributed by atoms with Crippen molar-refractivity contribution >= 4 is 0 Å². The second-order valence-electron chi connectivity index (χ2n) is 5.60. The molecule has 1 aromatic rings. The number of nitrogens with one attached hydrogen (secondary N) is 2. The lowest BCUT2D eigenvalue weighted by Gasteiger charge is -2.29. The molecular weight excluding hydrogens is 234 g/mol. The van der Waals surface area contributed by atoms with Crippen molar-refractivity contribution in [2.45, 2.75) is 13.3 Å². The summed E-state index contributed by atoms with van der Waals surface area (Å²) in [6.45, 7) is 10.5. The Bertz CT molecular complexity index is 333. The maximum absolute atomic E-state index is 3.58. The minimum atomic E-state index is 0.730. The van der Waals surface area contributed by atoms with Crippen molar-refractivity contribution in [2.75, 3.05) is 45.8 Å². The van der Waals surface area contributed by atoms with Crippen molar-refractivity contribution in [3.05, 3.63) is 35.9 Å². The van der Waals surface area contributed by atoms with Gasteiger partial charge in [-0.2, -0.15) is 0 Å². The lowest BCUT2D eigenvalue weighted by atomic mass is 10.1. The molecule has 1 saturated heterocycles. The molecule has 3 nitrogen and oxygen atoms in total. The highest BCUT2D eigenvalue weighted by atomic mass is 15.2. The Morgan fingerprint density at radius 1 is 1.21 bits per heavy atom. The predicted molar refractivity (Wildman–Crippen MR) is 81.5 cm³/mol. The molecule has 0 spiro atoms. The van der Waals surface area contributed by atoms with Gasteiger partial charge in [-0.1, -0.05) is 37.3 Å². The van der Waals surface area contributed by atoms with Gasteiger partial charge in [0.15, 0.2) is 0 Å². The Kier molecular flexibility index (Phi) is 6.34. The van der Waals surface area contributed by atoms with Crippen LogP contribution in [-0.4, -0.2) is 50.7 Å². The van der Waals surface area contributed by atoms with E-state index in [0.29, 0.717) is 0 Å². The van der Waals surface area contributed by atoms with Gasteiger partial charge in [-0.25, -0.2) is 0 Å². The Labute approximate surface area is 117 Å². The molecule has 0 radical (unpaired) electrons. The van der Waals surface area contributed by atoms with Crippen LogP contribution in [0.15, 0.2) is 30.3 Å². The molecule has 0 aromatic heterocycles. The first-order chi connectivity index (χ1) is 9.34. The molecule has 0 amide bonds. The van der Waals surface area contributed by atoms with Gasteiger partial charge in [-0.15, -0.1) is 0 Å². The van der Waals surface area contributed by atoms with Gasteiger partial charge in [0, 0.05) is 32.7 Å². The number of benzene rings is 1. The van der Waals surface area contributed by atoms with E-state index in [1.54, 1.807) is 0 Å². The second kappa shape index (κ2) is 8.31. The molecule has 1 aliphatic rings. The van der Waals surface area contributed by atoms with Crippen LogP contribution < -0.4 is 10.6 Å². The molecule has 0 bridgehead atoms. The Hall–Kier alpha value is -0.900. The van der Waals surface area contributed by atoms with Crippen LogP contribution in [-0.2, 0) is 6.42 Å². The van der Waals surface area contributed by atoms with Gasteiger partial charge in [-0.05, 0) is 31.0 Å². The van der Waals surface area contributed by atoms with Crippen LogP contribution in [0.5, 0.6) is 0 Å². The highest BCUT2D eigenvalue weighted by Gasteiger charge is 2.12. The molecule has 0 aliphatic carbocycles.